The maximum atomic E-state index is 11.5. The Bertz CT molecular complexity index is 414. The van der Waals surface area contributed by atoms with Crippen LogP contribution in [0.15, 0.2) is 17.2 Å². The summed E-state index contributed by atoms with van der Waals surface area (Å²) in [6, 6.07) is 1.17. The molecule has 0 amide bonds. The van der Waals surface area contributed by atoms with Gasteiger partial charge < -0.3 is 9.30 Å². The van der Waals surface area contributed by atoms with Crippen molar-refractivity contribution in [3.8, 4) is 0 Å². The Morgan fingerprint density at radius 1 is 1.24 bits per heavy atom. The average molecular weight is 477 g/mol. The van der Waals surface area contributed by atoms with Gasteiger partial charge in [0.05, 0.1) is 7.14 Å². The van der Waals surface area contributed by atoms with Crippen LogP contribution in [0.25, 0.3) is 0 Å². The van der Waals surface area contributed by atoms with Crippen molar-refractivity contribution in [3.63, 3.8) is 0 Å². The van der Waals surface area contributed by atoms with E-state index in [1.807, 2.05) is 17.0 Å². The fraction of sp³-hybridized carbons (Fsp3) is 0.545. The number of hydrogen-bond acceptors (Lipinski definition) is 2. The summed E-state index contributed by atoms with van der Waals surface area (Å²) >= 11 is 4.13. The van der Waals surface area contributed by atoms with Crippen molar-refractivity contribution >= 4 is 53.3 Å². The monoisotopic (exact) mass is 477 g/mol. The van der Waals surface area contributed by atoms with Gasteiger partial charge in [-0.15, -0.1) is 0 Å². The summed E-state index contributed by atoms with van der Waals surface area (Å²) in [7, 11) is -1.01. The third kappa shape index (κ3) is 5.84. The standard InChI is InChI=1S/C11H17I2NO2Si/c1-17(2,3)5-4-16-8-14-6-9(12)11(15)10(13)7-14/h6-7H,4-5,8H2,1-3H3. The third-order valence-corrected chi connectivity index (χ3v) is 5.47. The predicted octanol–water partition coefficient (Wildman–Crippen LogP) is 3.37. The van der Waals surface area contributed by atoms with E-state index in [2.05, 4.69) is 64.8 Å². The van der Waals surface area contributed by atoms with Crippen molar-refractivity contribution in [1.82, 2.24) is 4.57 Å². The van der Waals surface area contributed by atoms with Crippen molar-refractivity contribution in [2.45, 2.75) is 32.4 Å². The van der Waals surface area contributed by atoms with E-state index in [1.165, 1.54) is 6.04 Å². The Labute approximate surface area is 130 Å². The van der Waals surface area contributed by atoms with Crippen LogP contribution in [-0.4, -0.2) is 19.2 Å². The number of nitrogens with zero attached hydrogens (tertiary/aromatic N) is 1. The molecule has 0 aromatic carbocycles. The Morgan fingerprint density at radius 2 is 1.76 bits per heavy atom. The summed E-state index contributed by atoms with van der Waals surface area (Å²) < 4.78 is 9.04. The first-order valence-electron chi connectivity index (χ1n) is 5.42. The van der Waals surface area contributed by atoms with Crippen LogP contribution >= 0.6 is 45.2 Å². The van der Waals surface area contributed by atoms with Gasteiger partial charge in [0.25, 0.3) is 0 Å². The smallest absolute Gasteiger partial charge is 0.208 e. The highest BCUT2D eigenvalue weighted by atomic mass is 127. The lowest BCUT2D eigenvalue weighted by molar-refractivity contribution is 0.0865. The van der Waals surface area contributed by atoms with Gasteiger partial charge in [-0.1, -0.05) is 19.6 Å². The van der Waals surface area contributed by atoms with Gasteiger partial charge in [-0.2, -0.15) is 0 Å². The van der Waals surface area contributed by atoms with Crippen LogP contribution in [0, 0.1) is 7.14 Å². The predicted molar refractivity (Wildman–Crippen MR) is 90.2 cm³/mol. The average Bonchev–Trinajstić information content (AvgIpc) is 2.19. The van der Waals surface area contributed by atoms with Crippen molar-refractivity contribution in [2.75, 3.05) is 6.61 Å². The van der Waals surface area contributed by atoms with E-state index in [-0.39, 0.29) is 5.43 Å². The van der Waals surface area contributed by atoms with E-state index in [0.717, 1.165) is 13.7 Å². The van der Waals surface area contributed by atoms with Gasteiger partial charge >= 0.3 is 0 Å². The van der Waals surface area contributed by atoms with Crippen LogP contribution in [0.2, 0.25) is 25.7 Å². The lowest BCUT2D eigenvalue weighted by atomic mass is 10.5. The minimum atomic E-state index is -1.01. The molecule has 96 valence electrons. The summed E-state index contributed by atoms with van der Waals surface area (Å²) in [5.41, 5.74) is 0.101. The van der Waals surface area contributed by atoms with E-state index in [1.54, 1.807) is 0 Å². The van der Waals surface area contributed by atoms with Gasteiger partial charge in [-0.25, -0.2) is 0 Å². The molecule has 1 rings (SSSR count). The van der Waals surface area contributed by atoms with Crippen LogP contribution in [-0.2, 0) is 11.5 Å². The number of ether oxygens (including phenoxy) is 1. The molecule has 1 aromatic heterocycles. The molecule has 0 N–H and O–H groups in total. The lowest BCUT2D eigenvalue weighted by Gasteiger charge is -2.16. The molecule has 0 saturated heterocycles. The van der Waals surface area contributed by atoms with E-state index in [4.69, 9.17) is 4.74 Å². The molecule has 0 aliphatic heterocycles. The van der Waals surface area contributed by atoms with Crippen LogP contribution in [0.1, 0.15) is 0 Å². The Morgan fingerprint density at radius 3 is 2.24 bits per heavy atom. The fourth-order valence-electron chi connectivity index (χ4n) is 1.18. The molecule has 1 heterocycles. The summed E-state index contributed by atoms with van der Waals surface area (Å²) in [6.45, 7) is 8.33. The number of pyridine rings is 1. The van der Waals surface area contributed by atoms with Gasteiger partial charge in [-0.05, 0) is 51.2 Å². The zero-order valence-electron chi connectivity index (χ0n) is 10.3. The van der Waals surface area contributed by atoms with E-state index >= 15 is 0 Å². The topological polar surface area (TPSA) is 31.2 Å². The number of rotatable bonds is 5. The maximum Gasteiger partial charge on any atom is 0.208 e. The van der Waals surface area contributed by atoms with Gasteiger partial charge in [-0.3, -0.25) is 4.79 Å². The van der Waals surface area contributed by atoms with Crippen molar-refractivity contribution in [2.24, 2.45) is 0 Å². The van der Waals surface area contributed by atoms with Gasteiger partial charge in [0.1, 0.15) is 6.73 Å². The molecule has 6 heteroatoms. The molecule has 0 saturated carbocycles. The molecule has 0 atom stereocenters. The SMILES string of the molecule is C[Si](C)(C)CCOCn1cc(I)c(=O)c(I)c1. The molecule has 0 bridgehead atoms. The summed E-state index contributed by atoms with van der Waals surface area (Å²) in [5, 5.41) is 0. The minimum absolute atomic E-state index is 0.101. The third-order valence-electron chi connectivity index (χ3n) is 2.23. The maximum absolute atomic E-state index is 11.5. The zero-order chi connectivity index (χ0) is 13.1. The van der Waals surface area contributed by atoms with Crippen molar-refractivity contribution < 1.29 is 4.74 Å². The molecular weight excluding hydrogens is 460 g/mol. The second-order valence-corrected chi connectivity index (χ2v) is 13.1. The fourth-order valence-corrected chi connectivity index (χ4v) is 3.75. The lowest BCUT2D eigenvalue weighted by Crippen LogP contribution is -2.22. The molecule has 3 nitrogen and oxygen atoms in total. The molecule has 0 aliphatic carbocycles. The first kappa shape index (κ1) is 15.6. The van der Waals surface area contributed by atoms with Gasteiger partial charge in [0.2, 0.25) is 5.43 Å². The molecule has 0 unspecified atom stereocenters. The van der Waals surface area contributed by atoms with Crippen molar-refractivity contribution in [3.05, 3.63) is 29.8 Å². The molecule has 0 radical (unpaired) electrons. The van der Waals surface area contributed by atoms with Crippen LogP contribution < -0.4 is 5.43 Å². The first-order valence-corrected chi connectivity index (χ1v) is 11.3. The quantitative estimate of drug-likeness (QED) is 0.370. The zero-order valence-corrected chi connectivity index (χ0v) is 15.6. The van der Waals surface area contributed by atoms with Crippen LogP contribution in [0.3, 0.4) is 0 Å². The largest absolute Gasteiger partial charge is 0.361 e. The molecule has 0 aliphatic rings. The molecule has 1 aromatic rings. The van der Waals surface area contributed by atoms with Crippen LogP contribution in [0.4, 0.5) is 0 Å². The second kappa shape index (κ2) is 6.67. The highest BCUT2D eigenvalue weighted by Gasteiger charge is 2.12. The molecular formula is C11H17I2NO2Si. The number of aromatic nitrogens is 1. The highest BCUT2D eigenvalue weighted by molar-refractivity contribution is 14.1. The molecule has 17 heavy (non-hydrogen) atoms. The van der Waals surface area contributed by atoms with E-state index in [9.17, 15) is 4.79 Å². The van der Waals surface area contributed by atoms with Gasteiger partial charge in [0, 0.05) is 27.1 Å². The normalized spacial score (nSPS) is 11.8. The highest BCUT2D eigenvalue weighted by Crippen LogP contribution is 2.08. The Balaban J connectivity index is 2.51. The Kier molecular flexibility index (Phi) is 6.13. The van der Waals surface area contributed by atoms with Gasteiger partial charge in [0.15, 0.2) is 0 Å². The summed E-state index contributed by atoms with van der Waals surface area (Å²) in [4.78, 5) is 11.5. The van der Waals surface area contributed by atoms with Crippen LogP contribution in [0.5, 0.6) is 0 Å². The molecule has 0 fully saturated rings. The summed E-state index contributed by atoms with van der Waals surface area (Å²) in [5.74, 6) is 0. The minimum Gasteiger partial charge on any atom is -0.361 e. The van der Waals surface area contributed by atoms with Crippen molar-refractivity contribution in [1.29, 1.82) is 0 Å². The number of halogens is 2. The molecule has 0 spiro atoms. The first-order chi connectivity index (χ1) is 7.79. The van der Waals surface area contributed by atoms with E-state index < -0.39 is 8.07 Å². The van der Waals surface area contributed by atoms with E-state index in [0.29, 0.717) is 6.73 Å². The number of hydrogen-bond donors (Lipinski definition) is 0. The Hall–Kier alpha value is 0.587. The second-order valence-electron chi connectivity index (χ2n) is 5.15. The summed E-state index contributed by atoms with van der Waals surface area (Å²) in [6.07, 6.45) is 3.67.